The van der Waals surface area contributed by atoms with E-state index in [0.717, 1.165) is 11.3 Å². The second-order valence-electron chi connectivity index (χ2n) is 3.63. The van der Waals surface area contributed by atoms with Crippen LogP contribution in [0.15, 0.2) is 36.5 Å². The molecule has 2 aromatic rings. The second kappa shape index (κ2) is 4.62. The van der Waals surface area contributed by atoms with Gasteiger partial charge in [-0.05, 0) is 36.8 Å². The molecule has 1 N–H and O–H groups in total. The van der Waals surface area contributed by atoms with Gasteiger partial charge in [0.2, 0.25) is 0 Å². The van der Waals surface area contributed by atoms with Crippen LogP contribution in [0.4, 0.5) is 15.8 Å². The zero-order valence-corrected chi connectivity index (χ0v) is 9.24. The molecular formula is C13H10FN3. The van der Waals surface area contributed by atoms with Crippen molar-refractivity contribution in [2.75, 3.05) is 5.32 Å². The van der Waals surface area contributed by atoms with Crippen molar-refractivity contribution in [1.29, 1.82) is 5.26 Å². The number of nitrogens with one attached hydrogen (secondary N) is 1. The number of aryl methyl sites for hydroxylation is 1. The maximum absolute atomic E-state index is 13.1. The molecule has 1 aromatic heterocycles. The van der Waals surface area contributed by atoms with Gasteiger partial charge in [-0.1, -0.05) is 6.07 Å². The molecule has 0 bridgehead atoms. The van der Waals surface area contributed by atoms with Crippen LogP contribution in [0.25, 0.3) is 0 Å². The Hall–Kier alpha value is -2.41. The molecule has 84 valence electrons. The van der Waals surface area contributed by atoms with Crippen LogP contribution in [0.2, 0.25) is 0 Å². The first kappa shape index (κ1) is 11.1. The SMILES string of the molecule is Cc1ccc(F)cc1Nc1ccc(C#N)nc1. The molecule has 1 heterocycles. The fraction of sp³-hybridized carbons (Fsp3) is 0.0769. The average molecular weight is 227 g/mol. The fourth-order valence-corrected chi connectivity index (χ4v) is 1.42. The topological polar surface area (TPSA) is 48.7 Å². The number of hydrogen-bond donors (Lipinski definition) is 1. The number of nitriles is 1. The highest BCUT2D eigenvalue weighted by Gasteiger charge is 2.01. The van der Waals surface area contributed by atoms with Crippen molar-refractivity contribution < 1.29 is 4.39 Å². The van der Waals surface area contributed by atoms with Crippen molar-refractivity contribution >= 4 is 11.4 Å². The molecule has 17 heavy (non-hydrogen) atoms. The van der Waals surface area contributed by atoms with E-state index in [9.17, 15) is 4.39 Å². The molecule has 0 unspecified atom stereocenters. The molecule has 3 nitrogen and oxygen atoms in total. The largest absolute Gasteiger partial charge is 0.354 e. The van der Waals surface area contributed by atoms with E-state index in [-0.39, 0.29) is 5.82 Å². The van der Waals surface area contributed by atoms with Gasteiger partial charge in [-0.2, -0.15) is 5.26 Å². The van der Waals surface area contributed by atoms with E-state index in [4.69, 9.17) is 5.26 Å². The van der Waals surface area contributed by atoms with Crippen LogP contribution in [0, 0.1) is 24.1 Å². The number of halogens is 1. The Morgan fingerprint density at radius 3 is 2.76 bits per heavy atom. The molecule has 2 rings (SSSR count). The zero-order chi connectivity index (χ0) is 12.3. The molecule has 0 aliphatic rings. The van der Waals surface area contributed by atoms with Crippen LogP contribution in [0.1, 0.15) is 11.3 Å². The first-order chi connectivity index (χ1) is 8.19. The quantitative estimate of drug-likeness (QED) is 0.857. The molecule has 0 saturated heterocycles. The highest BCUT2D eigenvalue weighted by atomic mass is 19.1. The summed E-state index contributed by atoms with van der Waals surface area (Å²) >= 11 is 0. The summed E-state index contributed by atoms with van der Waals surface area (Å²) in [7, 11) is 0. The van der Waals surface area contributed by atoms with Gasteiger partial charge in [-0.15, -0.1) is 0 Å². The monoisotopic (exact) mass is 227 g/mol. The number of pyridine rings is 1. The van der Waals surface area contributed by atoms with E-state index in [1.165, 1.54) is 12.1 Å². The second-order valence-corrected chi connectivity index (χ2v) is 3.63. The number of benzene rings is 1. The number of hydrogen-bond acceptors (Lipinski definition) is 3. The average Bonchev–Trinajstić information content (AvgIpc) is 2.35. The molecule has 0 radical (unpaired) electrons. The van der Waals surface area contributed by atoms with E-state index in [2.05, 4.69) is 10.3 Å². The van der Waals surface area contributed by atoms with Gasteiger partial charge < -0.3 is 5.32 Å². The van der Waals surface area contributed by atoms with Crippen LogP contribution in [0.5, 0.6) is 0 Å². The smallest absolute Gasteiger partial charge is 0.140 e. The molecular weight excluding hydrogens is 217 g/mol. The van der Waals surface area contributed by atoms with E-state index in [0.29, 0.717) is 11.4 Å². The van der Waals surface area contributed by atoms with Gasteiger partial charge in [0.25, 0.3) is 0 Å². The van der Waals surface area contributed by atoms with Gasteiger partial charge in [0.15, 0.2) is 0 Å². The molecule has 0 aliphatic heterocycles. The summed E-state index contributed by atoms with van der Waals surface area (Å²) in [5.41, 5.74) is 2.71. The third-order valence-corrected chi connectivity index (χ3v) is 2.36. The van der Waals surface area contributed by atoms with Gasteiger partial charge in [0, 0.05) is 5.69 Å². The number of aromatic nitrogens is 1. The summed E-state index contributed by atoms with van der Waals surface area (Å²) in [6.45, 7) is 1.89. The number of nitrogens with zero attached hydrogens (tertiary/aromatic N) is 2. The molecule has 0 aliphatic carbocycles. The number of rotatable bonds is 2. The Labute approximate surface area is 98.5 Å². The standard InChI is InChI=1S/C13H10FN3/c1-9-2-3-10(14)6-13(9)17-12-5-4-11(7-15)16-8-12/h2-6,8,17H,1H3. The lowest BCUT2D eigenvalue weighted by molar-refractivity contribution is 0.628. The van der Waals surface area contributed by atoms with Crippen molar-refractivity contribution in [3.8, 4) is 6.07 Å². The minimum atomic E-state index is -0.292. The van der Waals surface area contributed by atoms with Crippen LogP contribution in [-0.2, 0) is 0 Å². The Kier molecular flexibility index (Phi) is 3.01. The molecule has 1 aromatic carbocycles. The Bertz CT molecular complexity index is 570. The first-order valence-electron chi connectivity index (χ1n) is 5.08. The van der Waals surface area contributed by atoms with Gasteiger partial charge >= 0.3 is 0 Å². The summed E-state index contributed by atoms with van der Waals surface area (Å²) in [6.07, 6.45) is 1.54. The van der Waals surface area contributed by atoms with Gasteiger partial charge in [0.05, 0.1) is 11.9 Å². The summed E-state index contributed by atoms with van der Waals surface area (Å²) in [6, 6.07) is 9.82. The minimum absolute atomic E-state index is 0.292. The highest BCUT2D eigenvalue weighted by molar-refractivity contribution is 5.62. The van der Waals surface area contributed by atoms with E-state index >= 15 is 0 Å². The third kappa shape index (κ3) is 2.58. The summed E-state index contributed by atoms with van der Waals surface area (Å²) in [4.78, 5) is 3.93. The molecule has 0 fully saturated rings. The summed E-state index contributed by atoms with van der Waals surface area (Å²) < 4.78 is 13.1. The van der Waals surface area contributed by atoms with Gasteiger partial charge in [0.1, 0.15) is 17.6 Å². The normalized spacial score (nSPS) is 9.71. The molecule has 0 amide bonds. The maximum Gasteiger partial charge on any atom is 0.140 e. The third-order valence-electron chi connectivity index (χ3n) is 2.36. The zero-order valence-electron chi connectivity index (χ0n) is 9.24. The first-order valence-corrected chi connectivity index (χ1v) is 5.08. The Balaban J connectivity index is 2.25. The summed E-state index contributed by atoms with van der Waals surface area (Å²) in [5.74, 6) is -0.292. The lowest BCUT2D eigenvalue weighted by Gasteiger charge is -2.09. The van der Waals surface area contributed by atoms with Gasteiger partial charge in [-0.3, -0.25) is 0 Å². The lowest BCUT2D eigenvalue weighted by atomic mass is 10.2. The maximum atomic E-state index is 13.1. The van der Waals surface area contributed by atoms with Crippen molar-refractivity contribution in [2.45, 2.75) is 6.92 Å². The fourth-order valence-electron chi connectivity index (χ4n) is 1.42. The van der Waals surface area contributed by atoms with E-state index < -0.39 is 0 Å². The predicted octanol–water partition coefficient (Wildman–Crippen LogP) is 3.14. The van der Waals surface area contributed by atoms with E-state index in [1.807, 2.05) is 13.0 Å². The van der Waals surface area contributed by atoms with Crippen molar-refractivity contribution in [1.82, 2.24) is 4.98 Å². The Morgan fingerprint density at radius 1 is 1.29 bits per heavy atom. The molecule has 0 spiro atoms. The van der Waals surface area contributed by atoms with Crippen molar-refractivity contribution in [3.63, 3.8) is 0 Å². The van der Waals surface area contributed by atoms with Crippen molar-refractivity contribution in [2.24, 2.45) is 0 Å². The number of anilines is 2. The molecule has 0 saturated carbocycles. The molecule has 4 heteroatoms. The van der Waals surface area contributed by atoms with Gasteiger partial charge in [-0.25, -0.2) is 9.37 Å². The lowest BCUT2D eigenvalue weighted by Crippen LogP contribution is -1.95. The van der Waals surface area contributed by atoms with Crippen LogP contribution >= 0.6 is 0 Å². The van der Waals surface area contributed by atoms with Crippen LogP contribution < -0.4 is 5.32 Å². The van der Waals surface area contributed by atoms with Crippen LogP contribution in [-0.4, -0.2) is 4.98 Å². The predicted molar refractivity (Wildman–Crippen MR) is 63.4 cm³/mol. The van der Waals surface area contributed by atoms with E-state index in [1.54, 1.807) is 24.4 Å². The highest BCUT2D eigenvalue weighted by Crippen LogP contribution is 2.20. The summed E-state index contributed by atoms with van der Waals surface area (Å²) in [5, 5.41) is 11.7. The van der Waals surface area contributed by atoms with Crippen molar-refractivity contribution in [3.05, 3.63) is 53.6 Å². The Morgan fingerprint density at radius 2 is 2.12 bits per heavy atom. The minimum Gasteiger partial charge on any atom is -0.354 e. The van der Waals surface area contributed by atoms with Crippen LogP contribution in [0.3, 0.4) is 0 Å². The molecule has 0 atom stereocenters.